The number of H-pyrrole nitrogens is 1. The molecule has 3 heteroatoms. The third-order valence-electron chi connectivity index (χ3n) is 3.44. The number of hydrogen-bond donors (Lipinski definition) is 1. The highest BCUT2D eigenvalue weighted by Gasteiger charge is 2.12. The summed E-state index contributed by atoms with van der Waals surface area (Å²) in [5.74, 6) is 0. The molecular formula is C13H17N3. The Bertz CT molecular complexity index is 495. The first-order chi connectivity index (χ1) is 7.84. The minimum atomic E-state index is 0.998. The highest BCUT2D eigenvalue weighted by Crippen LogP contribution is 2.24. The van der Waals surface area contributed by atoms with Gasteiger partial charge in [0.05, 0.1) is 11.9 Å². The van der Waals surface area contributed by atoms with Gasteiger partial charge in [-0.2, -0.15) is 0 Å². The van der Waals surface area contributed by atoms with Gasteiger partial charge in [-0.25, -0.2) is 4.98 Å². The second kappa shape index (κ2) is 3.81. The Balaban J connectivity index is 1.99. The Kier molecular flexibility index (Phi) is 2.31. The smallest absolute Gasteiger partial charge is 0.137 e. The Morgan fingerprint density at radius 1 is 1.25 bits per heavy atom. The molecule has 1 fully saturated rings. The van der Waals surface area contributed by atoms with Gasteiger partial charge in [-0.1, -0.05) is 0 Å². The Labute approximate surface area is 95.5 Å². The van der Waals surface area contributed by atoms with Gasteiger partial charge in [0.15, 0.2) is 0 Å². The lowest BCUT2D eigenvalue weighted by atomic mass is 10.1. The van der Waals surface area contributed by atoms with Crippen molar-refractivity contribution >= 4 is 16.7 Å². The van der Waals surface area contributed by atoms with Crippen LogP contribution in [0, 0.1) is 6.92 Å². The molecule has 0 bridgehead atoms. The number of rotatable bonds is 1. The van der Waals surface area contributed by atoms with Crippen molar-refractivity contribution in [3.63, 3.8) is 0 Å². The van der Waals surface area contributed by atoms with E-state index in [1.54, 1.807) is 0 Å². The highest BCUT2D eigenvalue weighted by molar-refractivity contribution is 5.82. The molecule has 0 unspecified atom stereocenters. The summed E-state index contributed by atoms with van der Waals surface area (Å²) in [6, 6.07) is 2.26. The van der Waals surface area contributed by atoms with E-state index in [2.05, 4.69) is 27.9 Å². The summed E-state index contributed by atoms with van der Waals surface area (Å²) in [6.07, 6.45) is 8.00. The maximum atomic E-state index is 4.48. The predicted molar refractivity (Wildman–Crippen MR) is 66.9 cm³/mol. The molecule has 0 atom stereocenters. The third-order valence-corrected chi connectivity index (χ3v) is 3.44. The number of aryl methyl sites for hydroxylation is 1. The van der Waals surface area contributed by atoms with Crippen LogP contribution < -0.4 is 4.90 Å². The van der Waals surface area contributed by atoms with E-state index in [4.69, 9.17) is 0 Å². The number of hydrogen-bond acceptors (Lipinski definition) is 2. The largest absolute Gasteiger partial charge is 0.370 e. The number of piperidine rings is 1. The van der Waals surface area contributed by atoms with Crippen LogP contribution in [0.1, 0.15) is 24.8 Å². The van der Waals surface area contributed by atoms with Crippen molar-refractivity contribution in [2.45, 2.75) is 26.2 Å². The minimum absolute atomic E-state index is 0.998. The van der Waals surface area contributed by atoms with E-state index in [1.807, 2.05) is 12.4 Å². The summed E-state index contributed by atoms with van der Waals surface area (Å²) in [7, 11) is 0. The summed E-state index contributed by atoms with van der Waals surface area (Å²) in [4.78, 5) is 10.1. The zero-order chi connectivity index (χ0) is 11.0. The van der Waals surface area contributed by atoms with Crippen molar-refractivity contribution in [1.29, 1.82) is 0 Å². The van der Waals surface area contributed by atoms with Crippen molar-refractivity contribution in [3.8, 4) is 0 Å². The van der Waals surface area contributed by atoms with Crippen molar-refractivity contribution in [1.82, 2.24) is 9.97 Å². The lowest BCUT2D eigenvalue weighted by Crippen LogP contribution is -2.29. The highest BCUT2D eigenvalue weighted by atomic mass is 15.1. The molecule has 1 saturated heterocycles. The number of aromatic amines is 1. The van der Waals surface area contributed by atoms with Gasteiger partial charge in [-0.3, -0.25) is 0 Å². The van der Waals surface area contributed by atoms with Crippen LogP contribution in [0.2, 0.25) is 0 Å². The van der Waals surface area contributed by atoms with E-state index in [9.17, 15) is 0 Å². The lowest BCUT2D eigenvalue weighted by molar-refractivity contribution is 0.577. The SMILES string of the molecule is Cc1c[nH]c2ncc(N3CCCCC3)cc12. The second-order valence-corrected chi connectivity index (χ2v) is 4.61. The maximum Gasteiger partial charge on any atom is 0.137 e. The van der Waals surface area contributed by atoms with Gasteiger partial charge < -0.3 is 9.88 Å². The Morgan fingerprint density at radius 3 is 2.88 bits per heavy atom. The summed E-state index contributed by atoms with van der Waals surface area (Å²) in [6.45, 7) is 4.48. The first kappa shape index (κ1) is 9.70. The number of aromatic nitrogens is 2. The molecule has 1 aliphatic rings. The van der Waals surface area contributed by atoms with Crippen LogP contribution in [0.15, 0.2) is 18.5 Å². The molecule has 3 rings (SSSR count). The fourth-order valence-corrected chi connectivity index (χ4v) is 2.45. The molecule has 16 heavy (non-hydrogen) atoms. The van der Waals surface area contributed by atoms with Gasteiger partial charge in [-0.15, -0.1) is 0 Å². The third kappa shape index (κ3) is 1.56. The number of anilines is 1. The van der Waals surface area contributed by atoms with E-state index < -0.39 is 0 Å². The number of nitrogens with one attached hydrogen (secondary N) is 1. The van der Waals surface area contributed by atoms with Gasteiger partial charge in [0.25, 0.3) is 0 Å². The van der Waals surface area contributed by atoms with Crippen LogP contribution in [-0.2, 0) is 0 Å². The van der Waals surface area contributed by atoms with Crippen LogP contribution in [0.3, 0.4) is 0 Å². The zero-order valence-electron chi connectivity index (χ0n) is 9.66. The number of nitrogens with zero attached hydrogens (tertiary/aromatic N) is 2. The van der Waals surface area contributed by atoms with Gasteiger partial charge >= 0.3 is 0 Å². The molecule has 0 aromatic carbocycles. The molecule has 0 radical (unpaired) electrons. The van der Waals surface area contributed by atoms with Crippen molar-refractivity contribution < 1.29 is 0 Å². The monoisotopic (exact) mass is 215 g/mol. The Hall–Kier alpha value is -1.51. The van der Waals surface area contributed by atoms with Crippen LogP contribution in [0.25, 0.3) is 11.0 Å². The maximum absolute atomic E-state index is 4.48. The van der Waals surface area contributed by atoms with E-state index in [0.717, 1.165) is 5.65 Å². The summed E-state index contributed by atoms with van der Waals surface area (Å²) >= 11 is 0. The standard InChI is InChI=1S/C13H17N3/c1-10-8-14-13-12(10)7-11(9-15-13)16-5-3-2-4-6-16/h7-9H,2-6H2,1H3,(H,14,15). The van der Waals surface area contributed by atoms with Gasteiger partial charge in [0, 0.05) is 24.7 Å². The molecule has 1 N–H and O–H groups in total. The average Bonchev–Trinajstić information content (AvgIpc) is 2.72. The van der Waals surface area contributed by atoms with Gasteiger partial charge in [-0.05, 0) is 37.8 Å². The summed E-state index contributed by atoms with van der Waals surface area (Å²) < 4.78 is 0. The lowest BCUT2D eigenvalue weighted by Gasteiger charge is -2.28. The van der Waals surface area contributed by atoms with Crippen molar-refractivity contribution in [3.05, 3.63) is 24.0 Å². The van der Waals surface area contributed by atoms with Crippen LogP contribution in [0.4, 0.5) is 5.69 Å². The minimum Gasteiger partial charge on any atom is -0.370 e. The van der Waals surface area contributed by atoms with E-state index >= 15 is 0 Å². The Morgan fingerprint density at radius 2 is 2.06 bits per heavy atom. The van der Waals surface area contributed by atoms with Crippen LogP contribution >= 0.6 is 0 Å². The van der Waals surface area contributed by atoms with Gasteiger partial charge in [0.2, 0.25) is 0 Å². The average molecular weight is 215 g/mol. The quantitative estimate of drug-likeness (QED) is 0.793. The molecule has 2 aromatic heterocycles. The number of fused-ring (bicyclic) bond motifs is 1. The van der Waals surface area contributed by atoms with Crippen LogP contribution in [-0.4, -0.2) is 23.1 Å². The molecular weight excluding hydrogens is 198 g/mol. The predicted octanol–water partition coefficient (Wildman–Crippen LogP) is 2.86. The molecule has 84 valence electrons. The fraction of sp³-hybridized carbons (Fsp3) is 0.462. The normalized spacial score (nSPS) is 16.9. The second-order valence-electron chi connectivity index (χ2n) is 4.61. The van der Waals surface area contributed by atoms with Crippen molar-refractivity contribution in [2.75, 3.05) is 18.0 Å². The first-order valence-electron chi connectivity index (χ1n) is 6.03. The van der Waals surface area contributed by atoms with E-state index in [0.29, 0.717) is 0 Å². The zero-order valence-corrected chi connectivity index (χ0v) is 9.66. The molecule has 0 spiro atoms. The fourth-order valence-electron chi connectivity index (χ4n) is 2.45. The summed E-state index contributed by atoms with van der Waals surface area (Å²) in [5.41, 5.74) is 3.55. The molecule has 3 heterocycles. The van der Waals surface area contributed by atoms with E-state index in [-0.39, 0.29) is 0 Å². The molecule has 0 saturated carbocycles. The summed E-state index contributed by atoms with van der Waals surface area (Å²) in [5, 5.41) is 1.25. The van der Waals surface area contributed by atoms with Gasteiger partial charge in [0.1, 0.15) is 5.65 Å². The first-order valence-corrected chi connectivity index (χ1v) is 6.03. The molecule has 3 nitrogen and oxygen atoms in total. The topological polar surface area (TPSA) is 31.9 Å². The van der Waals surface area contributed by atoms with Crippen molar-refractivity contribution in [2.24, 2.45) is 0 Å². The van der Waals surface area contributed by atoms with E-state index in [1.165, 1.54) is 49.0 Å². The van der Waals surface area contributed by atoms with Crippen LogP contribution in [0.5, 0.6) is 0 Å². The molecule has 0 aliphatic carbocycles. The molecule has 0 amide bonds. The number of pyridine rings is 1. The molecule has 2 aromatic rings. The molecule has 1 aliphatic heterocycles.